The highest BCUT2D eigenvalue weighted by atomic mass is 32.1. The lowest BCUT2D eigenvalue weighted by Crippen LogP contribution is -2.22. The summed E-state index contributed by atoms with van der Waals surface area (Å²) in [6.45, 7) is 3.98. The highest BCUT2D eigenvalue weighted by Crippen LogP contribution is 2.29. The second-order valence-corrected chi connectivity index (χ2v) is 5.62. The zero-order valence-corrected chi connectivity index (χ0v) is 10.8. The number of aromatic nitrogens is 1. The minimum Gasteiger partial charge on any atom is -0.381 e. The predicted octanol–water partition coefficient (Wildman–Crippen LogP) is 2.19. The smallest absolute Gasteiger partial charge is 0.0981 e. The molecule has 1 saturated heterocycles. The van der Waals surface area contributed by atoms with Gasteiger partial charge in [-0.05, 0) is 33.2 Å². The van der Waals surface area contributed by atoms with Gasteiger partial charge in [0.15, 0.2) is 0 Å². The molecule has 1 N–H and O–H groups in total. The third-order valence-electron chi connectivity index (χ3n) is 3.08. The first-order chi connectivity index (χ1) is 7.79. The zero-order valence-electron chi connectivity index (χ0n) is 10.0. The monoisotopic (exact) mass is 240 g/mol. The largest absolute Gasteiger partial charge is 0.381 e. The molecule has 1 aliphatic rings. The van der Waals surface area contributed by atoms with Gasteiger partial charge < -0.3 is 10.1 Å². The minimum atomic E-state index is 0.524. The van der Waals surface area contributed by atoms with Crippen LogP contribution in [0.15, 0.2) is 6.20 Å². The number of nitrogens with one attached hydrogen (secondary N) is 1. The summed E-state index contributed by atoms with van der Waals surface area (Å²) in [5.74, 6) is 0.539. The maximum absolute atomic E-state index is 5.50. The van der Waals surface area contributed by atoms with Crippen LogP contribution in [0.3, 0.4) is 0 Å². The van der Waals surface area contributed by atoms with Crippen molar-refractivity contribution in [2.75, 3.05) is 20.3 Å². The number of hydrogen-bond acceptors (Lipinski definition) is 4. The van der Waals surface area contributed by atoms with Crippen molar-refractivity contribution in [3.8, 4) is 0 Å². The molecule has 0 bridgehead atoms. The van der Waals surface area contributed by atoms with Crippen LogP contribution >= 0.6 is 11.3 Å². The lowest BCUT2D eigenvalue weighted by Gasteiger charge is -2.19. The Morgan fingerprint density at radius 2 is 2.56 bits per heavy atom. The molecule has 0 aliphatic carbocycles. The molecular formula is C12H20N2OS. The van der Waals surface area contributed by atoms with Gasteiger partial charge in [-0.25, -0.2) is 4.98 Å². The van der Waals surface area contributed by atoms with Crippen molar-refractivity contribution in [2.45, 2.75) is 38.1 Å². The predicted molar refractivity (Wildman–Crippen MR) is 67.1 cm³/mol. The van der Waals surface area contributed by atoms with E-state index < -0.39 is 0 Å². The van der Waals surface area contributed by atoms with E-state index in [0.29, 0.717) is 12.0 Å². The Morgan fingerprint density at radius 1 is 1.69 bits per heavy atom. The standard InChI is InChI=1S/C12H20N2OS/c1-9(13-2)6-11-7-14-12(16-11)10-4-3-5-15-8-10/h7,9-10,13H,3-6,8H2,1-2H3. The fraction of sp³-hybridized carbons (Fsp3) is 0.750. The van der Waals surface area contributed by atoms with Gasteiger partial charge in [0, 0.05) is 29.6 Å². The molecule has 3 nitrogen and oxygen atoms in total. The Hall–Kier alpha value is -0.450. The van der Waals surface area contributed by atoms with Crippen LogP contribution in [-0.4, -0.2) is 31.3 Å². The number of nitrogens with zero attached hydrogens (tertiary/aromatic N) is 1. The Bertz CT molecular complexity index is 321. The number of likely N-dealkylation sites (N-methyl/N-ethyl adjacent to an activating group) is 1. The first-order valence-electron chi connectivity index (χ1n) is 5.99. The van der Waals surface area contributed by atoms with E-state index >= 15 is 0 Å². The Kier molecular flexibility index (Phi) is 4.32. The normalized spacial score (nSPS) is 23.2. The second kappa shape index (κ2) is 5.75. The van der Waals surface area contributed by atoms with Crippen molar-refractivity contribution in [3.05, 3.63) is 16.1 Å². The van der Waals surface area contributed by atoms with Crippen LogP contribution in [0.1, 0.15) is 35.6 Å². The molecule has 0 aromatic carbocycles. The molecule has 1 aromatic heterocycles. The van der Waals surface area contributed by atoms with Crippen molar-refractivity contribution in [1.29, 1.82) is 0 Å². The molecule has 16 heavy (non-hydrogen) atoms. The van der Waals surface area contributed by atoms with Gasteiger partial charge in [0.05, 0.1) is 11.6 Å². The molecule has 90 valence electrons. The van der Waals surface area contributed by atoms with Gasteiger partial charge in [0.25, 0.3) is 0 Å². The molecule has 0 amide bonds. The number of thiazole rings is 1. The molecule has 2 atom stereocenters. The molecule has 2 rings (SSSR count). The lowest BCUT2D eigenvalue weighted by atomic mass is 10.0. The molecule has 0 saturated carbocycles. The summed E-state index contributed by atoms with van der Waals surface area (Å²) in [5, 5.41) is 4.52. The zero-order chi connectivity index (χ0) is 11.4. The van der Waals surface area contributed by atoms with Crippen LogP contribution in [0.25, 0.3) is 0 Å². The van der Waals surface area contributed by atoms with E-state index in [-0.39, 0.29) is 0 Å². The first kappa shape index (κ1) is 12.0. The van der Waals surface area contributed by atoms with Crippen LogP contribution in [0.5, 0.6) is 0 Å². The van der Waals surface area contributed by atoms with Crippen LogP contribution < -0.4 is 5.32 Å². The summed E-state index contributed by atoms with van der Waals surface area (Å²) in [6, 6.07) is 0.524. The summed E-state index contributed by atoms with van der Waals surface area (Å²) in [7, 11) is 2.00. The molecule has 1 fully saturated rings. The maximum atomic E-state index is 5.50. The Labute approximate surface area is 101 Å². The van der Waals surface area contributed by atoms with Crippen molar-refractivity contribution in [2.24, 2.45) is 0 Å². The minimum absolute atomic E-state index is 0.524. The maximum Gasteiger partial charge on any atom is 0.0981 e. The molecular weight excluding hydrogens is 220 g/mol. The SMILES string of the molecule is CNC(C)Cc1cnc(C2CCCOC2)s1. The summed E-state index contributed by atoms with van der Waals surface area (Å²) in [5.41, 5.74) is 0. The van der Waals surface area contributed by atoms with Crippen molar-refractivity contribution < 1.29 is 4.74 Å². The average molecular weight is 240 g/mol. The Morgan fingerprint density at radius 3 is 3.25 bits per heavy atom. The highest BCUT2D eigenvalue weighted by molar-refractivity contribution is 7.11. The van der Waals surface area contributed by atoms with Crippen LogP contribution in [0.2, 0.25) is 0 Å². The van der Waals surface area contributed by atoms with Crippen LogP contribution in [-0.2, 0) is 11.2 Å². The van der Waals surface area contributed by atoms with Crippen molar-refractivity contribution in [3.63, 3.8) is 0 Å². The molecule has 1 aromatic rings. The molecule has 0 spiro atoms. The molecule has 1 aliphatic heterocycles. The van der Waals surface area contributed by atoms with Crippen LogP contribution in [0, 0.1) is 0 Å². The van der Waals surface area contributed by atoms with Gasteiger partial charge in [-0.2, -0.15) is 0 Å². The van der Waals surface area contributed by atoms with E-state index in [4.69, 9.17) is 4.74 Å². The molecule has 0 radical (unpaired) electrons. The lowest BCUT2D eigenvalue weighted by molar-refractivity contribution is 0.0804. The van der Waals surface area contributed by atoms with E-state index in [1.807, 2.05) is 24.6 Å². The third-order valence-corrected chi connectivity index (χ3v) is 4.26. The molecule has 2 unspecified atom stereocenters. The van der Waals surface area contributed by atoms with Gasteiger partial charge in [-0.1, -0.05) is 0 Å². The van der Waals surface area contributed by atoms with E-state index in [0.717, 1.165) is 19.6 Å². The Balaban J connectivity index is 1.95. The van der Waals surface area contributed by atoms with Gasteiger partial charge in [0.1, 0.15) is 0 Å². The second-order valence-electron chi connectivity index (χ2n) is 4.47. The average Bonchev–Trinajstić information content (AvgIpc) is 2.78. The van der Waals surface area contributed by atoms with E-state index in [1.54, 1.807) is 0 Å². The van der Waals surface area contributed by atoms with Crippen LogP contribution in [0.4, 0.5) is 0 Å². The molecule has 4 heteroatoms. The van der Waals surface area contributed by atoms with Gasteiger partial charge in [-0.3, -0.25) is 0 Å². The number of ether oxygens (including phenoxy) is 1. The van der Waals surface area contributed by atoms with Gasteiger partial charge >= 0.3 is 0 Å². The quantitative estimate of drug-likeness (QED) is 0.876. The van der Waals surface area contributed by atoms with Crippen molar-refractivity contribution in [1.82, 2.24) is 10.3 Å². The molecule has 2 heterocycles. The summed E-state index contributed by atoms with van der Waals surface area (Å²) in [4.78, 5) is 5.92. The number of rotatable bonds is 4. The van der Waals surface area contributed by atoms with E-state index in [2.05, 4.69) is 17.2 Å². The highest BCUT2D eigenvalue weighted by Gasteiger charge is 2.19. The first-order valence-corrected chi connectivity index (χ1v) is 6.81. The third kappa shape index (κ3) is 3.03. The summed E-state index contributed by atoms with van der Waals surface area (Å²) >= 11 is 1.85. The number of hydrogen-bond donors (Lipinski definition) is 1. The van der Waals surface area contributed by atoms with Gasteiger partial charge in [0.2, 0.25) is 0 Å². The topological polar surface area (TPSA) is 34.2 Å². The van der Waals surface area contributed by atoms with E-state index in [1.165, 1.54) is 22.7 Å². The summed E-state index contributed by atoms with van der Waals surface area (Å²) in [6.07, 6.45) is 5.51. The van der Waals surface area contributed by atoms with Crippen molar-refractivity contribution >= 4 is 11.3 Å². The summed E-state index contributed by atoms with van der Waals surface area (Å²) < 4.78 is 5.50. The fourth-order valence-electron chi connectivity index (χ4n) is 1.95. The van der Waals surface area contributed by atoms with Gasteiger partial charge in [-0.15, -0.1) is 11.3 Å². The van der Waals surface area contributed by atoms with E-state index in [9.17, 15) is 0 Å². The fourth-order valence-corrected chi connectivity index (χ4v) is 3.11.